The van der Waals surface area contributed by atoms with Crippen molar-refractivity contribution >= 4 is 34.5 Å². The molecule has 0 spiro atoms. The average Bonchev–Trinajstić information content (AvgIpc) is 2.24. The third kappa shape index (κ3) is 5.06. The Kier molecular flexibility index (Phi) is 5.16. The van der Waals surface area contributed by atoms with Crippen LogP contribution in [0, 0.1) is 8.98 Å². The monoisotopic (exact) mass is 375 g/mol. The number of carbonyl (C=O) groups is 1. The lowest BCUT2D eigenvalue weighted by atomic mass is 10.1. The molecule has 1 rings (SSSR count). The molecule has 1 amide bonds. The summed E-state index contributed by atoms with van der Waals surface area (Å²) in [6, 6.07) is 6.76. The van der Waals surface area contributed by atoms with Gasteiger partial charge in [-0.1, -0.05) is 18.2 Å². The van der Waals surface area contributed by atoms with E-state index in [2.05, 4.69) is 27.9 Å². The minimum atomic E-state index is -0.678. The first-order valence-electron chi connectivity index (χ1n) is 5.78. The van der Waals surface area contributed by atoms with Crippen molar-refractivity contribution in [1.29, 1.82) is 5.41 Å². The van der Waals surface area contributed by atoms with Gasteiger partial charge in [0.05, 0.1) is 0 Å². The molecule has 1 unspecified atom stereocenters. The van der Waals surface area contributed by atoms with E-state index in [4.69, 9.17) is 15.9 Å². The van der Waals surface area contributed by atoms with Crippen LogP contribution < -0.4 is 11.1 Å². The molecule has 0 radical (unpaired) electrons. The summed E-state index contributed by atoms with van der Waals surface area (Å²) in [7, 11) is 0. The van der Waals surface area contributed by atoms with Crippen molar-refractivity contribution in [3.05, 3.63) is 33.4 Å². The van der Waals surface area contributed by atoms with Gasteiger partial charge >= 0.3 is 6.09 Å². The Morgan fingerprint density at radius 1 is 1.42 bits per heavy atom. The van der Waals surface area contributed by atoms with E-state index in [-0.39, 0.29) is 5.84 Å². The smallest absolute Gasteiger partial charge is 0.408 e. The molecule has 104 valence electrons. The number of benzene rings is 1. The lowest BCUT2D eigenvalue weighted by molar-refractivity contribution is 0.0517. The fraction of sp³-hybridized carbons (Fsp3) is 0.385. The average molecular weight is 375 g/mol. The lowest BCUT2D eigenvalue weighted by Crippen LogP contribution is -2.40. The van der Waals surface area contributed by atoms with Crippen LogP contribution in [0.15, 0.2) is 24.3 Å². The van der Waals surface area contributed by atoms with Crippen LogP contribution in [0.3, 0.4) is 0 Å². The van der Waals surface area contributed by atoms with Crippen molar-refractivity contribution < 1.29 is 9.53 Å². The fourth-order valence-corrected chi connectivity index (χ4v) is 2.16. The minimum Gasteiger partial charge on any atom is -0.444 e. The number of hydrogen-bond acceptors (Lipinski definition) is 3. The fourth-order valence-electron chi connectivity index (χ4n) is 1.46. The Bertz CT molecular complexity index is 483. The third-order valence-electron chi connectivity index (χ3n) is 2.19. The highest BCUT2D eigenvalue weighted by Gasteiger charge is 2.23. The van der Waals surface area contributed by atoms with Crippen molar-refractivity contribution in [2.45, 2.75) is 32.4 Å². The molecule has 0 saturated heterocycles. The minimum absolute atomic E-state index is 0.130. The molecule has 0 aromatic heterocycles. The zero-order valence-electron chi connectivity index (χ0n) is 11.2. The van der Waals surface area contributed by atoms with Crippen LogP contribution in [0.4, 0.5) is 4.79 Å². The van der Waals surface area contributed by atoms with E-state index in [0.29, 0.717) is 0 Å². The van der Waals surface area contributed by atoms with Gasteiger partial charge < -0.3 is 15.8 Å². The van der Waals surface area contributed by atoms with Crippen molar-refractivity contribution in [2.75, 3.05) is 0 Å². The molecule has 1 aromatic rings. The third-order valence-corrected chi connectivity index (χ3v) is 3.17. The Morgan fingerprint density at radius 3 is 2.47 bits per heavy atom. The maximum absolute atomic E-state index is 11.8. The number of amides is 1. The van der Waals surface area contributed by atoms with Crippen molar-refractivity contribution in [3.8, 4) is 0 Å². The van der Waals surface area contributed by atoms with Crippen LogP contribution >= 0.6 is 22.6 Å². The van der Waals surface area contributed by atoms with Gasteiger partial charge in [0.25, 0.3) is 0 Å². The van der Waals surface area contributed by atoms with Gasteiger partial charge in [-0.15, -0.1) is 0 Å². The quantitative estimate of drug-likeness (QED) is 0.431. The molecule has 0 aliphatic heterocycles. The molecule has 0 bridgehead atoms. The summed E-state index contributed by atoms with van der Waals surface area (Å²) in [5.74, 6) is -0.130. The van der Waals surface area contributed by atoms with Gasteiger partial charge in [-0.3, -0.25) is 5.41 Å². The molecule has 6 heteroatoms. The normalized spacial score (nSPS) is 12.6. The molecular weight excluding hydrogens is 357 g/mol. The van der Waals surface area contributed by atoms with Crippen molar-refractivity contribution in [1.82, 2.24) is 5.32 Å². The van der Waals surface area contributed by atoms with Gasteiger partial charge in [0.1, 0.15) is 17.5 Å². The Balaban J connectivity index is 2.89. The molecule has 1 atom stereocenters. The van der Waals surface area contributed by atoms with E-state index in [1.54, 1.807) is 20.8 Å². The Morgan fingerprint density at radius 2 is 2.00 bits per heavy atom. The maximum atomic E-state index is 11.8. The number of carbonyl (C=O) groups excluding carboxylic acids is 1. The highest BCUT2D eigenvalue weighted by molar-refractivity contribution is 14.1. The number of halogens is 1. The van der Waals surface area contributed by atoms with Gasteiger partial charge in [-0.25, -0.2) is 4.79 Å². The van der Waals surface area contributed by atoms with Crippen molar-refractivity contribution in [2.24, 2.45) is 5.73 Å². The molecule has 0 saturated carbocycles. The predicted molar refractivity (Wildman–Crippen MR) is 83.2 cm³/mol. The molecule has 5 nitrogen and oxygen atoms in total. The molecule has 1 aromatic carbocycles. The number of nitrogens with two attached hydrogens (primary N) is 1. The summed E-state index contributed by atoms with van der Waals surface area (Å²) in [5.41, 5.74) is 5.75. The number of alkyl carbamates (subject to hydrolysis) is 1. The largest absolute Gasteiger partial charge is 0.444 e. The molecule has 0 aliphatic carbocycles. The van der Waals surface area contributed by atoms with Crippen LogP contribution in [0.25, 0.3) is 0 Å². The second-order valence-corrected chi connectivity index (χ2v) is 6.22. The summed E-state index contributed by atoms with van der Waals surface area (Å²) in [6.07, 6.45) is -0.590. The molecule has 0 fully saturated rings. The second-order valence-electron chi connectivity index (χ2n) is 5.06. The van der Waals surface area contributed by atoms with Crippen LogP contribution in [0.5, 0.6) is 0 Å². The highest BCUT2D eigenvalue weighted by atomic mass is 127. The van der Waals surface area contributed by atoms with Crippen LogP contribution in [-0.2, 0) is 4.74 Å². The van der Waals surface area contributed by atoms with E-state index in [0.717, 1.165) is 9.13 Å². The first-order chi connectivity index (χ1) is 8.70. The van der Waals surface area contributed by atoms with Crippen LogP contribution in [0.1, 0.15) is 32.4 Å². The number of amidine groups is 1. The van der Waals surface area contributed by atoms with Crippen LogP contribution in [0.2, 0.25) is 0 Å². The van der Waals surface area contributed by atoms with Gasteiger partial charge in [0.2, 0.25) is 0 Å². The van der Waals surface area contributed by atoms with E-state index in [9.17, 15) is 4.79 Å². The number of nitrogens with one attached hydrogen (secondary N) is 2. The van der Waals surface area contributed by atoms with Crippen LogP contribution in [-0.4, -0.2) is 17.5 Å². The topological polar surface area (TPSA) is 88.2 Å². The first-order valence-corrected chi connectivity index (χ1v) is 6.86. The lowest BCUT2D eigenvalue weighted by Gasteiger charge is -2.23. The number of rotatable bonds is 3. The van der Waals surface area contributed by atoms with E-state index < -0.39 is 17.7 Å². The molecular formula is C13H18IN3O2. The SMILES string of the molecule is CC(C)(C)OC(=O)NC(C(=N)N)c1ccccc1I. The van der Waals surface area contributed by atoms with Gasteiger partial charge in [-0.2, -0.15) is 0 Å². The maximum Gasteiger partial charge on any atom is 0.408 e. The molecule has 4 N–H and O–H groups in total. The summed E-state index contributed by atoms with van der Waals surface area (Å²) in [4.78, 5) is 11.8. The molecule has 0 aliphatic rings. The zero-order chi connectivity index (χ0) is 14.6. The Hall–Kier alpha value is -1.31. The Labute approximate surface area is 126 Å². The summed E-state index contributed by atoms with van der Waals surface area (Å²) in [6.45, 7) is 5.34. The second kappa shape index (κ2) is 6.23. The summed E-state index contributed by atoms with van der Waals surface area (Å²) < 4.78 is 6.10. The van der Waals surface area contributed by atoms with E-state index >= 15 is 0 Å². The van der Waals surface area contributed by atoms with E-state index in [1.165, 1.54) is 0 Å². The molecule has 0 heterocycles. The van der Waals surface area contributed by atoms with Gasteiger partial charge in [0.15, 0.2) is 0 Å². The predicted octanol–water partition coefficient (Wildman–Crippen LogP) is 2.79. The summed E-state index contributed by atoms with van der Waals surface area (Å²) in [5, 5.41) is 10.2. The van der Waals surface area contributed by atoms with Crippen molar-refractivity contribution in [3.63, 3.8) is 0 Å². The van der Waals surface area contributed by atoms with Gasteiger partial charge in [-0.05, 0) is 55.0 Å². The standard InChI is InChI=1S/C13H18IN3O2/c1-13(2,3)19-12(18)17-10(11(15)16)8-6-4-5-7-9(8)14/h4-7,10H,1-3H3,(H3,15,16)(H,17,18). The number of ether oxygens (including phenoxy) is 1. The number of hydrogen-bond donors (Lipinski definition) is 3. The zero-order valence-corrected chi connectivity index (χ0v) is 13.3. The first kappa shape index (κ1) is 15.7. The molecule has 19 heavy (non-hydrogen) atoms. The van der Waals surface area contributed by atoms with Gasteiger partial charge in [0, 0.05) is 3.57 Å². The van der Waals surface area contributed by atoms with E-state index in [1.807, 2.05) is 24.3 Å². The summed E-state index contributed by atoms with van der Waals surface area (Å²) >= 11 is 2.14. The highest BCUT2D eigenvalue weighted by Crippen LogP contribution is 2.20.